The van der Waals surface area contributed by atoms with Gasteiger partial charge >= 0.3 is 0 Å². The van der Waals surface area contributed by atoms with Gasteiger partial charge in [-0.3, -0.25) is 14.2 Å². The number of aromatic nitrogens is 3. The van der Waals surface area contributed by atoms with Crippen LogP contribution >= 0.6 is 11.6 Å². The summed E-state index contributed by atoms with van der Waals surface area (Å²) in [5.74, 6) is -0.0623. The predicted octanol–water partition coefficient (Wildman–Crippen LogP) is 5.10. The van der Waals surface area contributed by atoms with E-state index in [0.717, 1.165) is 23.2 Å². The molecule has 0 saturated carbocycles. The van der Waals surface area contributed by atoms with E-state index in [2.05, 4.69) is 15.3 Å². The Morgan fingerprint density at radius 1 is 0.973 bits per heavy atom. The normalized spacial score (nSPS) is 10.4. The highest BCUT2D eigenvalue weighted by atomic mass is 35.5. The van der Waals surface area contributed by atoms with Crippen molar-refractivity contribution in [2.45, 2.75) is 13.3 Å². The van der Waals surface area contributed by atoms with Gasteiger partial charge in [0, 0.05) is 16.9 Å². The first-order chi connectivity index (χ1) is 17.9. The summed E-state index contributed by atoms with van der Waals surface area (Å²) in [5, 5.41) is 4.58. The summed E-state index contributed by atoms with van der Waals surface area (Å²) < 4.78 is 1.74. The van der Waals surface area contributed by atoms with Crippen molar-refractivity contribution in [1.29, 1.82) is 0 Å². The van der Waals surface area contributed by atoms with Gasteiger partial charge in [0.1, 0.15) is 5.69 Å². The quantitative estimate of drug-likeness (QED) is 0.307. The second kappa shape index (κ2) is 11.4. The molecule has 5 rings (SSSR count). The number of fused-ring (bicyclic) bond motifs is 1. The van der Waals surface area contributed by atoms with Crippen molar-refractivity contribution in [3.8, 4) is 5.69 Å². The Hall–Kier alpha value is -4.69. The minimum atomic E-state index is -0.273. The number of nitrogens with two attached hydrogens (primary N) is 2. The molecule has 2 aromatic heterocycles. The third kappa shape index (κ3) is 5.76. The lowest BCUT2D eigenvalue weighted by molar-refractivity contribution is 0.102. The zero-order chi connectivity index (χ0) is 26.4. The fourth-order valence-electron chi connectivity index (χ4n) is 3.78. The molecule has 5 aromatic rings. The summed E-state index contributed by atoms with van der Waals surface area (Å²) in [6.07, 6.45) is 2.16. The Kier molecular flexibility index (Phi) is 7.80. The number of nitrogens with one attached hydrogen (secondary N) is 1. The van der Waals surface area contributed by atoms with Crippen LogP contribution in [0.4, 0.5) is 17.5 Å². The van der Waals surface area contributed by atoms with Crippen LogP contribution in [0.3, 0.4) is 0 Å². The number of carbonyl (C=O) groups excluding carboxylic acids is 1. The van der Waals surface area contributed by atoms with Gasteiger partial charge in [-0.05, 0) is 48.2 Å². The zero-order valence-corrected chi connectivity index (χ0v) is 20.8. The summed E-state index contributed by atoms with van der Waals surface area (Å²) >= 11 is 6.20. The summed E-state index contributed by atoms with van der Waals surface area (Å²) in [4.78, 5) is 32.1. The van der Waals surface area contributed by atoms with Crippen molar-refractivity contribution in [2.24, 2.45) is 0 Å². The fraction of sp³-hybridized carbons (Fsp3) is 0.0714. The number of nitrogens with zero attached hydrogens (tertiary/aromatic N) is 3. The number of hydrogen-bond donors (Lipinski definition) is 3. The molecule has 8 nitrogen and oxygen atoms in total. The molecular weight excluding hydrogens is 488 g/mol. The zero-order valence-electron chi connectivity index (χ0n) is 20.1. The number of hydrogen-bond acceptors (Lipinski definition) is 6. The molecule has 0 bridgehead atoms. The molecule has 0 aliphatic heterocycles. The summed E-state index contributed by atoms with van der Waals surface area (Å²) in [6, 6.07) is 26.0. The third-order valence-corrected chi connectivity index (χ3v) is 5.88. The Morgan fingerprint density at radius 2 is 1.65 bits per heavy atom. The minimum Gasteiger partial charge on any atom is -0.382 e. The van der Waals surface area contributed by atoms with Crippen molar-refractivity contribution in [1.82, 2.24) is 14.5 Å². The van der Waals surface area contributed by atoms with Crippen molar-refractivity contribution < 1.29 is 4.79 Å². The molecule has 1 amide bonds. The van der Waals surface area contributed by atoms with Crippen molar-refractivity contribution >= 4 is 45.7 Å². The van der Waals surface area contributed by atoms with Gasteiger partial charge in [0.2, 0.25) is 5.95 Å². The fourth-order valence-corrected chi connectivity index (χ4v) is 4.05. The average Bonchev–Trinajstić information content (AvgIpc) is 2.91. The van der Waals surface area contributed by atoms with Crippen LogP contribution in [-0.2, 0) is 6.42 Å². The number of nitrogen functional groups attached to an aromatic ring is 2. The van der Waals surface area contributed by atoms with Crippen LogP contribution in [0.25, 0.3) is 16.5 Å². The van der Waals surface area contributed by atoms with Gasteiger partial charge in [-0.2, -0.15) is 4.98 Å². The maximum atomic E-state index is 12.8. The van der Waals surface area contributed by atoms with E-state index in [1.54, 1.807) is 34.9 Å². The van der Waals surface area contributed by atoms with Crippen molar-refractivity contribution in [2.75, 3.05) is 16.8 Å². The van der Waals surface area contributed by atoms with Crippen molar-refractivity contribution in [3.63, 3.8) is 0 Å². The lowest BCUT2D eigenvalue weighted by atomic mass is 10.1. The number of amides is 1. The van der Waals surface area contributed by atoms with Gasteiger partial charge in [0.25, 0.3) is 11.5 Å². The number of benzene rings is 3. The second-order valence-electron chi connectivity index (χ2n) is 8.02. The largest absolute Gasteiger partial charge is 0.382 e. The van der Waals surface area contributed by atoms with E-state index in [1.165, 1.54) is 6.20 Å². The molecule has 0 aliphatic rings. The molecular formula is C28H25ClN6O2. The predicted molar refractivity (Wildman–Crippen MR) is 149 cm³/mol. The van der Waals surface area contributed by atoms with Gasteiger partial charge in [0.15, 0.2) is 5.82 Å². The van der Waals surface area contributed by atoms with Gasteiger partial charge in [0.05, 0.1) is 16.6 Å². The summed E-state index contributed by atoms with van der Waals surface area (Å²) in [5.41, 5.74) is 13.6. The summed E-state index contributed by atoms with van der Waals surface area (Å²) in [6.45, 7) is 2.05. The van der Waals surface area contributed by atoms with Crippen LogP contribution in [0.1, 0.15) is 23.0 Å². The number of aryl methyl sites for hydroxylation is 1. The van der Waals surface area contributed by atoms with E-state index in [4.69, 9.17) is 23.1 Å². The van der Waals surface area contributed by atoms with Crippen LogP contribution in [-0.4, -0.2) is 20.4 Å². The number of rotatable bonds is 4. The third-order valence-electron chi connectivity index (χ3n) is 5.57. The van der Waals surface area contributed by atoms with Gasteiger partial charge < -0.3 is 16.8 Å². The number of halogens is 1. The molecule has 0 spiro atoms. The highest BCUT2D eigenvalue weighted by Gasteiger charge is 2.12. The Morgan fingerprint density at radius 3 is 2.30 bits per heavy atom. The molecule has 0 aliphatic carbocycles. The Labute approximate surface area is 218 Å². The molecule has 37 heavy (non-hydrogen) atoms. The van der Waals surface area contributed by atoms with E-state index in [0.29, 0.717) is 21.7 Å². The molecule has 0 fully saturated rings. The first kappa shape index (κ1) is 25.4. The lowest BCUT2D eigenvalue weighted by Gasteiger charge is -2.14. The molecule has 0 saturated heterocycles. The standard InChI is InChI=1S/C17H14ClNO.C11H11N5O/c1-2-13-11-12-7-6-10-15(18)16(12)17(20)19(13)14-8-4-3-5-9-14;12-9-8(6-14-11(13)16-9)15-10(17)7-4-2-1-3-5-7/h3-11H,2H2,1H3;1-6H,(H,15,17)(H4,12,13,14,16). The van der Waals surface area contributed by atoms with E-state index >= 15 is 0 Å². The molecule has 186 valence electrons. The second-order valence-corrected chi connectivity index (χ2v) is 8.42. The Bertz CT molecular complexity index is 1600. The SMILES string of the molecule is CCc1cc2cccc(Cl)c2c(=O)n1-c1ccccc1.Nc1ncc(NC(=O)c2ccccc2)c(N)n1. The smallest absolute Gasteiger partial charge is 0.264 e. The molecule has 0 radical (unpaired) electrons. The van der Waals surface area contributed by atoms with Crippen LogP contribution < -0.4 is 22.3 Å². The number of pyridine rings is 1. The average molecular weight is 513 g/mol. The first-order valence-electron chi connectivity index (χ1n) is 11.5. The molecule has 5 N–H and O–H groups in total. The monoisotopic (exact) mass is 512 g/mol. The molecule has 0 unspecified atom stereocenters. The molecule has 3 aromatic carbocycles. The maximum Gasteiger partial charge on any atom is 0.264 e. The maximum absolute atomic E-state index is 12.8. The first-order valence-corrected chi connectivity index (χ1v) is 11.9. The minimum absolute atomic E-state index is 0.0591. The lowest BCUT2D eigenvalue weighted by Crippen LogP contribution is -2.22. The number of carbonyl (C=O) groups is 1. The van der Waals surface area contributed by atoms with Crippen molar-refractivity contribution in [3.05, 3.63) is 118 Å². The van der Waals surface area contributed by atoms with E-state index in [9.17, 15) is 9.59 Å². The van der Waals surface area contributed by atoms with Crippen LogP contribution in [0.5, 0.6) is 0 Å². The van der Waals surface area contributed by atoms with Crippen LogP contribution in [0.15, 0.2) is 95.9 Å². The molecule has 0 atom stereocenters. The number of para-hydroxylation sites is 1. The Balaban J connectivity index is 0.000000176. The van der Waals surface area contributed by atoms with E-state index < -0.39 is 0 Å². The topological polar surface area (TPSA) is 129 Å². The van der Waals surface area contributed by atoms with Crippen LogP contribution in [0.2, 0.25) is 5.02 Å². The van der Waals surface area contributed by atoms with Gasteiger partial charge in [-0.1, -0.05) is 67.1 Å². The van der Waals surface area contributed by atoms with Gasteiger partial charge in [-0.15, -0.1) is 0 Å². The molecule has 2 heterocycles. The highest BCUT2D eigenvalue weighted by molar-refractivity contribution is 6.35. The highest BCUT2D eigenvalue weighted by Crippen LogP contribution is 2.23. The van der Waals surface area contributed by atoms with Gasteiger partial charge in [-0.25, -0.2) is 4.98 Å². The van der Waals surface area contributed by atoms with Crippen LogP contribution in [0, 0.1) is 0 Å². The summed E-state index contributed by atoms with van der Waals surface area (Å²) in [7, 11) is 0. The molecule has 9 heteroatoms. The van der Waals surface area contributed by atoms with E-state index in [1.807, 2.05) is 61.5 Å². The number of anilines is 3. The van der Waals surface area contributed by atoms with E-state index in [-0.39, 0.29) is 23.2 Å².